The second-order valence-corrected chi connectivity index (χ2v) is 7.04. The van der Waals surface area contributed by atoms with Crippen LogP contribution < -0.4 is 0 Å². The number of allylic oxidation sites excluding steroid dienone is 1. The van der Waals surface area contributed by atoms with E-state index in [1.807, 2.05) is 13.8 Å². The highest BCUT2D eigenvalue weighted by molar-refractivity contribution is 5.92. The molecule has 0 atom stereocenters. The summed E-state index contributed by atoms with van der Waals surface area (Å²) in [6, 6.07) is 25.9. The number of hydrogen-bond donors (Lipinski definition) is 0. The van der Waals surface area contributed by atoms with E-state index in [4.69, 9.17) is 0 Å². The van der Waals surface area contributed by atoms with Crippen LogP contribution in [0.15, 0.2) is 78.9 Å². The van der Waals surface area contributed by atoms with Crippen LogP contribution in [0.5, 0.6) is 0 Å². The molecule has 0 aliphatic heterocycles. The molecule has 0 bridgehead atoms. The minimum atomic E-state index is 1.18. The molecule has 4 aromatic carbocycles. The van der Waals surface area contributed by atoms with Gasteiger partial charge < -0.3 is 0 Å². The van der Waals surface area contributed by atoms with Crippen LogP contribution in [0.1, 0.15) is 42.5 Å². The largest absolute Gasteiger partial charge is 0.0836 e. The predicted molar refractivity (Wildman–Crippen MR) is 126 cm³/mol. The molecule has 0 radical (unpaired) electrons. The Morgan fingerprint density at radius 3 is 2.04 bits per heavy atom. The smallest absolute Gasteiger partial charge is 0.0143 e. The Morgan fingerprint density at radius 1 is 0.643 bits per heavy atom. The van der Waals surface area contributed by atoms with E-state index >= 15 is 0 Å². The van der Waals surface area contributed by atoms with Crippen molar-refractivity contribution in [1.82, 2.24) is 0 Å². The van der Waals surface area contributed by atoms with Gasteiger partial charge in [-0.05, 0) is 70.5 Å². The topological polar surface area (TPSA) is 0 Å². The molecule has 0 heteroatoms. The molecule has 1 aliphatic carbocycles. The number of fused-ring (bicyclic) bond motifs is 4. The number of hydrogen-bond acceptors (Lipinski definition) is 0. The summed E-state index contributed by atoms with van der Waals surface area (Å²) in [4.78, 5) is 0. The van der Waals surface area contributed by atoms with Crippen LogP contribution in [0, 0.1) is 13.8 Å². The normalized spacial score (nSPS) is 11.9. The first-order valence-corrected chi connectivity index (χ1v) is 10.4. The van der Waals surface area contributed by atoms with Crippen molar-refractivity contribution in [3.63, 3.8) is 0 Å². The summed E-state index contributed by atoms with van der Waals surface area (Å²) < 4.78 is 0. The fourth-order valence-electron chi connectivity index (χ4n) is 3.90. The van der Waals surface area contributed by atoms with Crippen molar-refractivity contribution in [2.24, 2.45) is 0 Å². The van der Waals surface area contributed by atoms with Crippen molar-refractivity contribution in [3.8, 4) is 0 Å². The molecule has 5 rings (SSSR count). The summed E-state index contributed by atoms with van der Waals surface area (Å²) in [5, 5.41) is 5.53. The highest BCUT2D eigenvalue weighted by atomic mass is 14.1. The van der Waals surface area contributed by atoms with Crippen LogP contribution in [0.4, 0.5) is 0 Å². The number of rotatable bonds is 0. The fourth-order valence-corrected chi connectivity index (χ4v) is 3.90. The summed E-state index contributed by atoms with van der Waals surface area (Å²) in [6.45, 7) is 8.34. The lowest BCUT2D eigenvalue weighted by molar-refractivity contribution is 0.996. The molecule has 4 aromatic rings. The Labute approximate surface area is 169 Å². The lowest BCUT2D eigenvalue weighted by atomic mass is 9.89. The van der Waals surface area contributed by atoms with E-state index in [1.54, 1.807) is 0 Å². The average molecular weight is 367 g/mol. The van der Waals surface area contributed by atoms with Gasteiger partial charge >= 0.3 is 0 Å². The molecular formula is C28H30. The van der Waals surface area contributed by atoms with Crippen molar-refractivity contribution >= 4 is 27.6 Å². The summed E-state index contributed by atoms with van der Waals surface area (Å²) in [6.07, 6.45) is 6.90. The molecule has 142 valence electrons. The van der Waals surface area contributed by atoms with E-state index in [1.165, 1.54) is 56.6 Å². The van der Waals surface area contributed by atoms with Gasteiger partial charge in [0.1, 0.15) is 0 Å². The van der Waals surface area contributed by atoms with Crippen LogP contribution in [0.3, 0.4) is 0 Å². The Bertz CT molecular complexity index is 1090. The third-order valence-corrected chi connectivity index (χ3v) is 5.26. The van der Waals surface area contributed by atoms with Crippen molar-refractivity contribution in [3.05, 3.63) is 101 Å². The molecule has 0 saturated heterocycles. The Balaban J connectivity index is 0.000000154. The minimum absolute atomic E-state index is 1.18. The Hall–Kier alpha value is -2.86. The van der Waals surface area contributed by atoms with Crippen LogP contribution >= 0.6 is 0 Å². The van der Waals surface area contributed by atoms with Gasteiger partial charge in [0, 0.05) is 0 Å². The lowest BCUT2D eigenvalue weighted by Crippen LogP contribution is -1.96. The molecular weight excluding hydrogens is 336 g/mol. The van der Waals surface area contributed by atoms with E-state index in [-0.39, 0.29) is 0 Å². The molecule has 0 unspecified atom stereocenters. The van der Waals surface area contributed by atoms with Gasteiger partial charge in [-0.15, -0.1) is 0 Å². The number of aryl methyl sites for hydroxylation is 3. The van der Waals surface area contributed by atoms with Gasteiger partial charge in [-0.2, -0.15) is 0 Å². The highest BCUT2D eigenvalue weighted by Crippen LogP contribution is 2.30. The third-order valence-electron chi connectivity index (χ3n) is 5.26. The second kappa shape index (κ2) is 9.37. The molecule has 0 N–H and O–H groups in total. The van der Waals surface area contributed by atoms with Crippen molar-refractivity contribution < 1.29 is 0 Å². The van der Waals surface area contributed by atoms with E-state index < -0.39 is 0 Å². The predicted octanol–water partition coefficient (Wildman–Crippen LogP) is 8.28. The summed E-state index contributed by atoms with van der Waals surface area (Å²) in [7, 11) is 0. The van der Waals surface area contributed by atoms with Gasteiger partial charge in [-0.3, -0.25) is 0 Å². The molecule has 0 nitrogen and oxygen atoms in total. The van der Waals surface area contributed by atoms with Gasteiger partial charge in [0.15, 0.2) is 0 Å². The van der Waals surface area contributed by atoms with Crippen LogP contribution in [0.25, 0.3) is 27.6 Å². The standard InChI is InChI=1S/C15H14.C11H10.C2H6/c1-11-10-12-6-2-3-8-14(12)15-9-5-4-7-13(11)15;1-9-5-4-7-10-6-2-3-8-11(9)10;1-2/h2,4-7,9-10H,3,8H2,1H3;2-8H,1H3;1-2H3. The van der Waals surface area contributed by atoms with Gasteiger partial charge in [0.05, 0.1) is 0 Å². The maximum atomic E-state index is 2.31. The van der Waals surface area contributed by atoms with E-state index in [0.717, 1.165) is 0 Å². The second-order valence-electron chi connectivity index (χ2n) is 7.04. The maximum absolute atomic E-state index is 2.31. The van der Waals surface area contributed by atoms with Crippen molar-refractivity contribution in [2.45, 2.75) is 40.5 Å². The molecule has 0 amide bonds. The maximum Gasteiger partial charge on any atom is -0.0143 e. The molecule has 0 saturated carbocycles. The van der Waals surface area contributed by atoms with E-state index in [2.05, 4.69) is 98.8 Å². The molecule has 0 aromatic heterocycles. The van der Waals surface area contributed by atoms with Gasteiger partial charge in [0.2, 0.25) is 0 Å². The van der Waals surface area contributed by atoms with Crippen molar-refractivity contribution in [1.29, 1.82) is 0 Å². The zero-order valence-electron chi connectivity index (χ0n) is 17.5. The minimum Gasteiger partial charge on any atom is -0.0836 e. The van der Waals surface area contributed by atoms with Crippen molar-refractivity contribution in [2.75, 3.05) is 0 Å². The quantitative estimate of drug-likeness (QED) is 0.294. The number of benzene rings is 4. The average Bonchev–Trinajstić information content (AvgIpc) is 2.76. The van der Waals surface area contributed by atoms with E-state index in [9.17, 15) is 0 Å². The zero-order valence-corrected chi connectivity index (χ0v) is 17.5. The van der Waals surface area contributed by atoms with E-state index in [0.29, 0.717) is 0 Å². The van der Waals surface area contributed by atoms with Gasteiger partial charge in [-0.1, -0.05) is 98.8 Å². The first-order chi connectivity index (χ1) is 13.7. The highest BCUT2D eigenvalue weighted by Gasteiger charge is 2.09. The molecule has 0 fully saturated rings. The monoisotopic (exact) mass is 366 g/mol. The molecule has 1 aliphatic rings. The first-order valence-electron chi connectivity index (χ1n) is 10.4. The fraction of sp³-hybridized carbons (Fsp3) is 0.214. The van der Waals surface area contributed by atoms with Gasteiger partial charge in [-0.25, -0.2) is 0 Å². The van der Waals surface area contributed by atoms with Crippen LogP contribution in [-0.2, 0) is 6.42 Å². The van der Waals surface area contributed by atoms with Gasteiger partial charge in [0.25, 0.3) is 0 Å². The summed E-state index contributed by atoms with van der Waals surface area (Å²) in [5.41, 5.74) is 5.68. The summed E-state index contributed by atoms with van der Waals surface area (Å²) in [5.74, 6) is 0. The molecule has 28 heavy (non-hydrogen) atoms. The lowest BCUT2D eigenvalue weighted by Gasteiger charge is -2.15. The van der Waals surface area contributed by atoms with Crippen LogP contribution in [0.2, 0.25) is 0 Å². The summed E-state index contributed by atoms with van der Waals surface area (Å²) >= 11 is 0. The van der Waals surface area contributed by atoms with Crippen LogP contribution in [-0.4, -0.2) is 0 Å². The Kier molecular flexibility index (Phi) is 6.66. The SMILES string of the molecule is CC.Cc1cc2c(c3ccccc13)CCC=C2.Cc1cccc2ccccc12. The third kappa shape index (κ3) is 4.17. The zero-order chi connectivity index (χ0) is 19.9. The Morgan fingerprint density at radius 2 is 1.29 bits per heavy atom. The molecule has 0 spiro atoms. The first kappa shape index (κ1) is 19.9. The molecule has 0 heterocycles.